The number of fused-ring (bicyclic) bond motifs is 1. The summed E-state index contributed by atoms with van der Waals surface area (Å²) in [6, 6.07) is 7.44. The van der Waals surface area contributed by atoms with Gasteiger partial charge in [0, 0.05) is 46.6 Å². The lowest BCUT2D eigenvalue weighted by atomic mass is 9.95. The van der Waals surface area contributed by atoms with Gasteiger partial charge in [0.15, 0.2) is 0 Å². The maximum Gasteiger partial charge on any atom is 0.335 e. The van der Waals surface area contributed by atoms with E-state index in [-0.39, 0.29) is 17.7 Å². The molecule has 8 heteroatoms. The van der Waals surface area contributed by atoms with E-state index in [1.54, 1.807) is 12.1 Å². The van der Waals surface area contributed by atoms with Gasteiger partial charge in [0.25, 0.3) is 0 Å². The minimum absolute atomic E-state index is 0.116. The van der Waals surface area contributed by atoms with Crippen molar-refractivity contribution in [3.05, 3.63) is 53.7 Å². The smallest absolute Gasteiger partial charge is 0.335 e. The first-order valence-corrected chi connectivity index (χ1v) is 12.1. The Morgan fingerprint density at radius 1 is 1.17 bits per heavy atom. The highest BCUT2D eigenvalue weighted by Crippen LogP contribution is 2.41. The molecule has 0 radical (unpaired) electrons. The normalized spacial score (nSPS) is 18.2. The van der Waals surface area contributed by atoms with Gasteiger partial charge >= 0.3 is 5.97 Å². The molecule has 0 unspecified atom stereocenters. The van der Waals surface area contributed by atoms with Crippen LogP contribution in [-0.4, -0.2) is 45.1 Å². The molecule has 4 aromatic rings. The van der Waals surface area contributed by atoms with Gasteiger partial charge < -0.3 is 23.7 Å². The molecule has 2 fully saturated rings. The first-order valence-electron chi connectivity index (χ1n) is 12.1. The summed E-state index contributed by atoms with van der Waals surface area (Å²) in [7, 11) is 0. The van der Waals surface area contributed by atoms with Crippen LogP contribution in [0.4, 0.5) is 0 Å². The fourth-order valence-electron chi connectivity index (χ4n) is 5.04. The van der Waals surface area contributed by atoms with Crippen LogP contribution in [0.5, 0.6) is 5.75 Å². The Morgan fingerprint density at radius 3 is 2.69 bits per heavy atom. The van der Waals surface area contributed by atoms with E-state index < -0.39 is 5.97 Å². The molecule has 1 aromatic carbocycles. The highest BCUT2D eigenvalue weighted by molar-refractivity contribution is 5.99. The first-order chi connectivity index (χ1) is 17.0. The Bertz CT molecular complexity index is 1410. The van der Waals surface area contributed by atoms with E-state index in [2.05, 4.69) is 22.0 Å². The van der Waals surface area contributed by atoms with Gasteiger partial charge in [0.2, 0.25) is 0 Å². The van der Waals surface area contributed by atoms with Gasteiger partial charge in [0.05, 0.1) is 30.0 Å². The largest absolute Gasteiger partial charge is 0.490 e. The van der Waals surface area contributed by atoms with Crippen molar-refractivity contribution in [3.8, 4) is 28.0 Å². The Balaban J connectivity index is 1.56. The average Bonchev–Trinajstić information content (AvgIpc) is 3.55. The lowest BCUT2D eigenvalue weighted by Gasteiger charge is -2.27. The van der Waals surface area contributed by atoms with Gasteiger partial charge in [0.1, 0.15) is 17.2 Å². The van der Waals surface area contributed by atoms with Gasteiger partial charge in [-0.2, -0.15) is 0 Å². The van der Waals surface area contributed by atoms with Crippen molar-refractivity contribution < 1.29 is 23.9 Å². The maximum absolute atomic E-state index is 11.7. The van der Waals surface area contributed by atoms with Gasteiger partial charge in [-0.25, -0.2) is 9.78 Å². The van der Waals surface area contributed by atoms with E-state index in [1.807, 2.05) is 26.1 Å². The number of benzene rings is 1. The fourth-order valence-corrected chi connectivity index (χ4v) is 5.04. The van der Waals surface area contributed by atoms with Crippen LogP contribution in [-0.2, 0) is 4.74 Å². The van der Waals surface area contributed by atoms with E-state index in [4.69, 9.17) is 19.0 Å². The van der Waals surface area contributed by atoms with Gasteiger partial charge in [-0.1, -0.05) is 5.16 Å². The van der Waals surface area contributed by atoms with Crippen LogP contribution in [0.1, 0.15) is 53.5 Å². The zero-order valence-corrected chi connectivity index (χ0v) is 19.8. The Morgan fingerprint density at radius 2 is 2.03 bits per heavy atom. The number of hydrogen-bond donors (Lipinski definition) is 1. The van der Waals surface area contributed by atoms with Crippen LogP contribution in [0.25, 0.3) is 33.3 Å². The van der Waals surface area contributed by atoms with Crippen LogP contribution in [0.3, 0.4) is 0 Å². The van der Waals surface area contributed by atoms with Gasteiger partial charge in [-0.3, -0.25) is 0 Å². The molecule has 2 aliphatic rings. The topological polar surface area (TPSA) is 99.6 Å². The molecule has 0 spiro atoms. The number of aromatic carboxylic acids is 1. The van der Waals surface area contributed by atoms with E-state index in [0.29, 0.717) is 12.4 Å². The molecule has 0 bridgehead atoms. The minimum atomic E-state index is -0.970. The molecule has 1 atom stereocenters. The molecule has 1 saturated carbocycles. The second-order valence-electron chi connectivity index (χ2n) is 9.45. The van der Waals surface area contributed by atoms with Crippen LogP contribution < -0.4 is 4.74 Å². The highest BCUT2D eigenvalue weighted by Gasteiger charge is 2.26. The minimum Gasteiger partial charge on any atom is -0.490 e. The number of carbonyl (C=O) groups is 1. The number of hydrogen-bond acceptors (Lipinski definition) is 6. The van der Waals surface area contributed by atoms with Crippen molar-refractivity contribution in [1.29, 1.82) is 0 Å². The molecule has 1 aliphatic heterocycles. The molecule has 1 N–H and O–H groups in total. The second kappa shape index (κ2) is 8.53. The summed E-state index contributed by atoms with van der Waals surface area (Å²) >= 11 is 0. The van der Waals surface area contributed by atoms with Crippen LogP contribution in [0.2, 0.25) is 0 Å². The zero-order chi connectivity index (χ0) is 24.1. The molecular formula is C27H27N3O5. The molecule has 4 heterocycles. The lowest BCUT2D eigenvalue weighted by Crippen LogP contribution is -2.24. The number of aromatic nitrogens is 3. The summed E-state index contributed by atoms with van der Waals surface area (Å²) in [6.45, 7) is 5.18. The predicted molar refractivity (Wildman–Crippen MR) is 130 cm³/mol. The molecule has 6 rings (SSSR count). The average molecular weight is 474 g/mol. The molecular weight excluding hydrogens is 446 g/mol. The van der Waals surface area contributed by atoms with Crippen molar-refractivity contribution >= 4 is 17.0 Å². The van der Waals surface area contributed by atoms with Crippen molar-refractivity contribution in [2.24, 2.45) is 0 Å². The number of carboxylic acids is 1. The summed E-state index contributed by atoms with van der Waals surface area (Å²) in [5, 5.41) is 14.7. The van der Waals surface area contributed by atoms with Gasteiger partial charge in [-0.15, -0.1) is 0 Å². The summed E-state index contributed by atoms with van der Waals surface area (Å²) in [5.74, 6) is 0.371. The quantitative estimate of drug-likeness (QED) is 0.391. The third-order valence-corrected chi connectivity index (χ3v) is 7.16. The summed E-state index contributed by atoms with van der Waals surface area (Å²) < 4.78 is 19.6. The Labute approximate surface area is 202 Å². The monoisotopic (exact) mass is 473 g/mol. The number of pyridine rings is 1. The maximum atomic E-state index is 11.7. The Hall–Kier alpha value is -3.65. The molecule has 8 nitrogen and oxygen atoms in total. The molecule has 1 saturated heterocycles. The van der Waals surface area contributed by atoms with E-state index in [1.165, 1.54) is 0 Å². The zero-order valence-electron chi connectivity index (χ0n) is 19.8. The number of carboxylic acid groups (broad SMARTS) is 1. The van der Waals surface area contributed by atoms with Crippen molar-refractivity contribution in [1.82, 2.24) is 14.7 Å². The number of ether oxygens (including phenoxy) is 2. The predicted octanol–water partition coefficient (Wildman–Crippen LogP) is 5.57. The first kappa shape index (κ1) is 21.9. The third kappa shape index (κ3) is 3.78. The fraction of sp³-hybridized carbons (Fsp3) is 0.370. The van der Waals surface area contributed by atoms with Gasteiger partial charge in [-0.05, 0) is 63.8 Å². The number of aryl methyl sites for hydroxylation is 2. The van der Waals surface area contributed by atoms with E-state index in [9.17, 15) is 9.90 Å². The molecule has 0 amide bonds. The van der Waals surface area contributed by atoms with Crippen LogP contribution in [0.15, 0.2) is 41.2 Å². The summed E-state index contributed by atoms with van der Waals surface area (Å²) in [6.07, 6.45) is 8.10. The molecule has 3 aromatic heterocycles. The van der Waals surface area contributed by atoms with Crippen LogP contribution in [0, 0.1) is 13.8 Å². The second-order valence-corrected chi connectivity index (χ2v) is 9.45. The summed E-state index contributed by atoms with van der Waals surface area (Å²) in [4.78, 5) is 16.6. The third-order valence-electron chi connectivity index (χ3n) is 7.16. The lowest BCUT2D eigenvalue weighted by molar-refractivity contribution is 0.0695. The molecule has 180 valence electrons. The van der Waals surface area contributed by atoms with Crippen molar-refractivity contribution in [3.63, 3.8) is 0 Å². The molecule has 1 aliphatic carbocycles. The standard InChI is InChI=1S/C27H27N3O5/c1-15-25(16(2)35-29-15)18-10-22-23(13-30(26(22)28-12-18)19-8-9-33-14-19)21-7-6-17(27(31)32)11-24(21)34-20-4-3-5-20/h6-7,10-13,19-20H,3-5,8-9,14H2,1-2H3,(H,31,32)/t19-/m0/s1. The molecule has 35 heavy (non-hydrogen) atoms. The Kier molecular flexibility index (Phi) is 5.33. The highest BCUT2D eigenvalue weighted by atomic mass is 16.5. The SMILES string of the molecule is Cc1noc(C)c1-c1cnc2c(c1)c(-c1ccc(C(=O)O)cc1OC1CCC1)cn2[C@H]1CCOC1. The van der Waals surface area contributed by atoms with Crippen molar-refractivity contribution in [2.45, 2.75) is 51.7 Å². The van der Waals surface area contributed by atoms with E-state index >= 15 is 0 Å². The van der Waals surface area contributed by atoms with Crippen LogP contribution >= 0.6 is 0 Å². The number of rotatable bonds is 6. The summed E-state index contributed by atoms with van der Waals surface area (Å²) in [5.41, 5.74) is 5.58. The van der Waals surface area contributed by atoms with E-state index in [0.717, 1.165) is 77.0 Å². The number of nitrogens with zero attached hydrogens (tertiary/aromatic N) is 3. The van der Waals surface area contributed by atoms with Crippen molar-refractivity contribution in [2.75, 3.05) is 13.2 Å².